The maximum Gasteiger partial charge on any atom is 0.162 e. The molecule has 3 aromatic heterocycles. The van der Waals surface area contributed by atoms with Gasteiger partial charge in [-0.05, 0) is 25.0 Å². The van der Waals surface area contributed by atoms with Crippen LogP contribution in [0.5, 0.6) is 5.75 Å². The van der Waals surface area contributed by atoms with Crippen molar-refractivity contribution in [2.24, 2.45) is 0 Å². The van der Waals surface area contributed by atoms with Crippen LogP contribution in [0.25, 0.3) is 22.3 Å². The van der Waals surface area contributed by atoms with Crippen molar-refractivity contribution in [1.82, 2.24) is 19.9 Å². The van der Waals surface area contributed by atoms with Gasteiger partial charge in [0.05, 0.1) is 36.5 Å². The molecule has 1 aliphatic rings. The van der Waals surface area contributed by atoms with Crippen LogP contribution in [0, 0.1) is 0 Å². The molecule has 0 spiro atoms. The van der Waals surface area contributed by atoms with Gasteiger partial charge in [0.25, 0.3) is 0 Å². The van der Waals surface area contributed by atoms with E-state index in [4.69, 9.17) is 21.3 Å². The number of aliphatic hydroxyl groups is 1. The Labute approximate surface area is 155 Å². The SMILES string of the molecule is COc1cncc2nc(-c3ccnc(Cl)c3)nc(N3CCC[C@H](O)C3)c12. The lowest BCUT2D eigenvalue weighted by Crippen LogP contribution is -2.39. The van der Waals surface area contributed by atoms with Gasteiger partial charge in [-0.3, -0.25) is 4.98 Å². The van der Waals surface area contributed by atoms with Crippen LogP contribution < -0.4 is 9.64 Å². The van der Waals surface area contributed by atoms with Crippen molar-refractivity contribution in [1.29, 1.82) is 0 Å². The van der Waals surface area contributed by atoms with Crippen molar-refractivity contribution in [3.63, 3.8) is 0 Å². The van der Waals surface area contributed by atoms with Crippen molar-refractivity contribution in [3.8, 4) is 17.1 Å². The molecule has 3 aromatic rings. The van der Waals surface area contributed by atoms with Crippen molar-refractivity contribution in [2.75, 3.05) is 25.1 Å². The van der Waals surface area contributed by atoms with Crippen LogP contribution in [0.1, 0.15) is 12.8 Å². The van der Waals surface area contributed by atoms with Gasteiger partial charge in [0, 0.05) is 24.8 Å². The number of pyridine rings is 2. The second-order valence-corrected chi connectivity index (χ2v) is 6.60. The van der Waals surface area contributed by atoms with E-state index >= 15 is 0 Å². The fourth-order valence-electron chi connectivity index (χ4n) is 3.24. The summed E-state index contributed by atoms with van der Waals surface area (Å²) in [7, 11) is 1.60. The van der Waals surface area contributed by atoms with Crippen LogP contribution in [0.2, 0.25) is 5.15 Å². The maximum absolute atomic E-state index is 10.1. The predicted molar refractivity (Wildman–Crippen MR) is 99.6 cm³/mol. The molecule has 8 heteroatoms. The predicted octanol–water partition coefficient (Wildman–Crippen LogP) is 2.71. The molecule has 4 heterocycles. The molecule has 1 saturated heterocycles. The summed E-state index contributed by atoms with van der Waals surface area (Å²) in [5, 5.41) is 11.3. The molecule has 1 aliphatic heterocycles. The number of methoxy groups -OCH3 is 1. The molecule has 1 N–H and O–H groups in total. The van der Waals surface area contributed by atoms with Gasteiger partial charge in [-0.15, -0.1) is 0 Å². The number of halogens is 1. The maximum atomic E-state index is 10.1. The van der Waals surface area contributed by atoms with Gasteiger partial charge in [-0.25, -0.2) is 15.0 Å². The molecule has 26 heavy (non-hydrogen) atoms. The summed E-state index contributed by atoms with van der Waals surface area (Å²) in [6, 6.07) is 3.54. The number of aromatic nitrogens is 4. The zero-order valence-corrected chi connectivity index (χ0v) is 15.0. The molecule has 1 fully saturated rings. The van der Waals surface area contributed by atoms with E-state index in [-0.39, 0.29) is 6.10 Å². The van der Waals surface area contributed by atoms with Crippen LogP contribution in [-0.2, 0) is 0 Å². The van der Waals surface area contributed by atoms with E-state index in [0.717, 1.165) is 36.2 Å². The number of anilines is 1. The second kappa shape index (κ2) is 7.01. The third-order valence-corrected chi connectivity index (χ3v) is 4.66. The minimum absolute atomic E-state index is 0.375. The summed E-state index contributed by atoms with van der Waals surface area (Å²) in [5.41, 5.74) is 1.45. The fraction of sp³-hybridized carbons (Fsp3) is 0.333. The Morgan fingerprint density at radius 1 is 1.31 bits per heavy atom. The largest absolute Gasteiger partial charge is 0.494 e. The van der Waals surface area contributed by atoms with E-state index in [0.29, 0.717) is 28.8 Å². The molecule has 0 aliphatic carbocycles. The first-order valence-corrected chi connectivity index (χ1v) is 8.78. The lowest BCUT2D eigenvalue weighted by Gasteiger charge is -2.32. The summed E-state index contributed by atoms with van der Waals surface area (Å²) < 4.78 is 5.49. The molecule has 4 rings (SSSR count). The number of piperidine rings is 1. The van der Waals surface area contributed by atoms with Gasteiger partial charge < -0.3 is 14.7 Å². The average Bonchev–Trinajstić information content (AvgIpc) is 2.66. The summed E-state index contributed by atoms with van der Waals surface area (Å²) >= 11 is 6.03. The Balaban J connectivity index is 1.93. The lowest BCUT2D eigenvalue weighted by molar-refractivity contribution is 0.154. The number of hydrogen-bond donors (Lipinski definition) is 1. The molecular formula is C18H18ClN5O2. The highest BCUT2D eigenvalue weighted by atomic mass is 35.5. The van der Waals surface area contributed by atoms with Gasteiger partial charge in [0.1, 0.15) is 16.7 Å². The molecular weight excluding hydrogens is 354 g/mol. The Morgan fingerprint density at radius 2 is 2.19 bits per heavy atom. The van der Waals surface area contributed by atoms with Crippen molar-refractivity contribution >= 4 is 28.3 Å². The van der Waals surface area contributed by atoms with Gasteiger partial charge in [0.2, 0.25) is 0 Å². The molecule has 0 saturated carbocycles. The van der Waals surface area contributed by atoms with E-state index in [9.17, 15) is 5.11 Å². The van der Waals surface area contributed by atoms with Gasteiger partial charge in [0.15, 0.2) is 5.82 Å². The standard InChI is InChI=1S/C18H18ClN5O2/c1-26-14-9-20-8-13-16(14)18(24-6-2-3-12(25)10-24)23-17(22-13)11-4-5-21-15(19)7-11/h4-5,7-9,12,25H,2-3,6,10H2,1H3/t12-/m0/s1. The number of fused-ring (bicyclic) bond motifs is 1. The third kappa shape index (κ3) is 3.15. The first kappa shape index (κ1) is 16.9. The normalized spacial score (nSPS) is 17.5. The molecule has 0 amide bonds. The van der Waals surface area contributed by atoms with Crippen molar-refractivity contribution in [3.05, 3.63) is 35.9 Å². The molecule has 1 atom stereocenters. The summed E-state index contributed by atoms with van der Waals surface area (Å²) in [6.45, 7) is 1.33. The van der Waals surface area contributed by atoms with Crippen molar-refractivity contribution < 1.29 is 9.84 Å². The highest BCUT2D eigenvalue weighted by Gasteiger charge is 2.24. The van der Waals surface area contributed by atoms with E-state index in [1.54, 1.807) is 31.8 Å². The first-order chi connectivity index (χ1) is 12.7. The van der Waals surface area contributed by atoms with Crippen molar-refractivity contribution in [2.45, 2.75) is 18.9 Å². The minimum atomic E-state index is -0.375. The molecule has 0 radical (unpaired) electrons. The first-order valence-electron chi connectivity index (χ1n) is 8.40. The molecule has 7 nitrogen and oxygen atoms in total. The fourth-order valence-corrected chi connectivity index (χ4v) is 3.41. The van der Waals surface area contributed by atoms with E-state index in [1.165, 1.54) is 0 Å². The number of nitrogens with zero attached hydrogens (tertiary/aromatic N) is 5. The number of rotatable bonds is 3. The van der Waals surface area contributed by atoms with Crippen LogP contribution in [0.3, 0.4) is 0 Å². The van der Waals surface area contributed by atoms with Crippen LogP contribution in [-0.4, -0.2) is 51.3 Å². The topological polar surface area (TPSA) is 84.3 Å². The van der Waals surface area contributed by atoms with Gasteiger partial charge >= 0.3 is 0 Å². The molecule has 0 unspecified atom stereocenters. The molecule has 0 aromatic carbocycles. The Hall–Kier alpha value is -2.51. The zero-order chi connectivity index (χ0) is 18.1. The van der Waals surface area contributed by atoms with Crippen LogP contribution in [0.15, 0.2) is 30.7 Å². The monoisotopic (exact) mass is 371 g/mol. The second-order valence-electron chi connectivity index (χ2n) is 6.22. The molecule has 0 bridgehead atoms. The molecule has 134 valence electrons. The van der Waals surface area contributed by atoms with Crippen LogP contribution >= 0.6 is 11.6 Å². The summed E-state index contributed by atoms with van der Waals surface area (Å²) in [6.07, 6.45) is 6.29. The zero-order valence-electron chi connectivity index (χ0n) is 14.3. The number of ether oxygens (including phenoxy) is 1. The number of β-amino-alcohol motifs (C(OH)–C–C–N with tert-alkyl or cyclic N) is 1. The average molecular weight is 372 g/mol. The number of aliphatic hydroxyl groups excluding tert-OH is 1. The Morgan fingerprint density at radius 3 is 2.96 bits per heavy atom. The van der Waals surface area contributed by atoms with E-state index < -0.39 is 0 Å². The van der Waals surface area contributed by atoms with Crippen LogP contribution in [0.4, 0.5) is 5.82 Å². The van der Waals surface area contributed by atoms with Gasteiger partial charge in [-0.1, -0.05) is 11.6 Å². The Kier molecular flexibility index (Phi) is 4.57. The van der Waals surface area contributed by atoms with E-state index in [1.807, 2.05) is 6.07 Å². The lowest BCUT2D eigenvalue weighted by atomic mass is 10.1. The number of hydrogen-bond acceptors (Lipinski definition) is 7. The van der Waals surface area contributed by atoms with E-state index in [2.05, 4.69) is 19.9 Å². The summed E-state index contributed by atoms with van der Waals surface area (Å²) in [4.78, 5) is 19.7. The smallest absolute Gasteiger partial charge is 0.162 e. The highest BCUT2D eigenvalue weighted by molar-refractivity contribution is 6.29. The Bertz CT molecular complexity index is 952. The minimum Gasteiger partial charge on any atom is -0.494 e. The third-order valence-electron chi connectivity index (χ3n) is 4.45. The van der Waals surface area contributed by atoms with Gasteiger partial charge in [-0.2, -0.15) is 0 Å². The summed E-state index contributed by atoms with van der Waals surface area (Å²) in [5.74, 6) is 1.87. The quantitative estimate of drug-likeness (QED) is 0.708. The highest BCUT2D eigenvalue weighted by Crippen LogP contribution is 2.34.